The van der Waals surface area contributed by atoms with Crippen molar-refractivity contribution < 1.29 is 5.11 Å². The van der Waals surface area contributed by atoms with E-state index in [0.717, 1.165) is 15.6 Å². The molecule has 0 radical (unpaired) electrons. The predicted octanol–water partition coefficient (Wildman–Crippen LogP) is 3.50. The highest BCUT2D eigenvalue weighted by Crippen LogP contribution is 2.23. The van der Waals surface area contributed by atoms with E-state index in [-0.39, 0.29) is 6.61 Å². The lowest BCUT2D eigenvalue weighted by Gasteiger charge is -2.00. The topological polar surface area (TPSA) is 20.2 Å². The maximum atomic E-state index is 8.83. The van der Waals surface area contributed by atoms with Gasteiger partial charge < -0.3 is 5.11 Å². The zero-order chi connectivity index (χ0) is 9.84. The molecule has 0 unspecified atom stereocenters. The molecular weight excluding hydrogens is 251 g/mol. The second-order valence-electron chi connectivity index (χ2n) is 2.81. The van der Waals surface area contributed by atoms with Gasteiger partial charge in [-0.05, 0) is 30.2 Å². The average molecular weight is 262 g/mol. The lowest BCUT2D eigenvalue weighted by molar-refractivity contribution is 0.332. The fraction of sp³-hybridized carbons (Fsp3) is 0.200. The van der Waals surface area contributed by atoms with Crippen LogP contribution in [0.5, 0.6) is 0 Å². The van der Waals surface area contributed by atoms with Gasteiger partial charge in [-0.25, -0.2) is 0 Å². The Kier molecular flexibility index (Phi) is 3.97. The summed E-state index contributed by atoms with van der Waals surface area (Å²) in [6, 6.07) is 5.56. The molecule has 1 rings (SSSR count). The van der Waals surface area contributed by atoms with E-state index >= 15 is 0 Å². The molecule has 1 aromatic carbocycles. The summed E-state index contributed by atoms with van der Waals surface area (Å²) in [6.07, 6.45) is 1.92. The number of hydrogen-bond acceptors (Lipinski definition) is 1. The molecule has 0 atom stereocenters. The van der Waals surface area contributed by atoms with E-state index in [4.69, 9.17) is 16.7 Å². The summed E-state index contributed by atoms with van der Waals surface area (Å²) in [4.78, 5) is 0. The van der Waals surface area contributed by atoms with Gasteiger partial charge in [0.1, 0.15) is 0 Å². The van der Waals surface area contributed by atoms with Gasteiger partial charge in [-0.15, -0.1) is 0 Å². The van der Waals surface area contributed by atoms with Crippen LogP contribution in [-0.2, 0) is 0 Å². The minimum atomic E-state index is 0.0784. The fourth-order valence-electron chi connectivity index (χ4n) is 0.930. The Hall–Kier alpha value is -0.310. The molecule has 0 saturated carbocycles. The van der Waals surface area contributed by atoms with Crippen LogP contribution in [0.3, 0.4) is 0 Å². The zero-order valence-corrected chi connectivity index (χ0v) is 9.56. The molecule has 0 aliphatic carbocycles. The van der Waals surface area contributed by atoms with E-state index in [1.54, 1.807) is 0 Å². The summed E-state index contributed by atoms with van der Waals surface area (Å²) in [7, 11) is 0. The Morgan fingerprint density at radius 1 is 1.62 bits per heavy atom. The number of benzene rings is 1. The van der Waals surface area contributed by atoms with Gasteiger partial charge >= 0.3 is 0 Å². The number of aliphatic hydroxyl groups is 1. The van der Waals surface area contributed by atoms with Gasteiger partial charge in [-0.3, -0.25) is 0 Å². The maximum absolute atomic E-state index is 8.83. The SMILES string of the molecule is CC(=Cc1ccc(Cl)cc1Br)CO. The molecule has 0 aromatic heterocycles. The fourth-order valence-corrected chi connectivity index (χ4v) is 1.73. The normalized spacial score (nSPS) is 11.8. The molecule has 13 heavy (non-hydrogen) atoms. The van der Waals surface area contributed by atoms with Gasteiger partial charge in [0.15, 0.2) is 0 Å². The predicted molar refractivity (Wildman–Crippen MR) is 59.9 cm³/mol. The number of rotatable bonds is 2. The van der Waals surface area contributed by atoms with Crippen molar-refractivity contribution in [3.05, 3.63) is 38.8 Å². The first-order valence-electron chi connectivity index (χ1n) is 3.86. The number of aliphatic hydroxyl groups excluding tert-OH is 1. The second kappa shape index (κ2) is 4.80. The van der Waals surface area contributed by atoms with Crippen molar-refractivity contribution in [3.8, 4) is 0 Å². The van der Waals surface area contributed by atoms with Crippen molar-refractivity contribution in [2.45, 2.75) is 6.92 Å². The number of halogens is 2. The minimum absolute atomic E-state index is 0.0784. The van der Waals surface area contributed by atoms with Gasteiger partial charge in [0.25, 0.3) is 0 Å². The summed E-state index contributed by atoms with van der Waals surface area (Å²) < 4.78 is 0.938. The van der Waals surface area contributed by atoms with Crippen molar-refractivity contribution in [3.63, 3.8) is 0 Å². The van der Waals surface area contributed by atoms with Crippen LogP contribution in [0.1, 0.15) is 12.5 Å². The monoisotopic (exact) mass is 260 g/mol. The molecule has 1 nitrogen and oxygen atoms in total. The molecule has 1 N–H and O–H groups in total. The Bertz CT molecular complexity index is 334. The van der Waals surface area contributed by atoms with Gasteiger partial charge in [-0.2, -0.15) is 0 Å². The van der Waals surface area contributed by atoms with Crippen LogP contribution >= 0.6 is 27.5 Å². The standard InChI is InChI=1S/C10H10BrClO/c1-7(6-13)4-8-2-3-9(12)5-10(8)11/h2-5,13H,6H2,1H3. The van der Waals surface area contributed by atoms with Crippen LogP contribution in [-0.4, -0.2) is 11.7 Å². The second-order valence-corrected chi connectivity index (χ2v) is 4.11. The molecule has 0 aliphatic heterocycles. The van der Waals surface area contributed by atoms with Crippen LogP contribution < -0.4 is 0 Å². The molecule has 70 valence electrons. The molecular formula is C10H10BrClO. The first-order chi connectivity index (χ1) is 6.13. The Balaban J connectivity index is 3.03. The summed E-state index contributed by atoms with van der Waals surface area (Å²) >= 11 is 9.18. The quantitative estimate of drug-likeness (QED) is 0.864. The van der Waals surface area contributed by atoms with Gasteiger partial charge in [0.05, 0.1) is 6.61 Å². The van der Waals surface area contributed by atoms with Crippen LogP contribution in [0.25, 0.3) is 6.08 Å². The first kappa shape index (κ1) is 10.8. The molecule has 3 heteroatoms. The Morgan fingerprint density at radius 3 is 2.85 bits per heavy atom. The highest BCUT2D eigenvalue weighted by atomic mass is 79.9. The third kappa shape index (κ3) is 3.14. The van der Waals surface area contributed by atoms with Crippen molar-refractivity contribution >= 4 is 33.6 Å². The van der Waals surface area contributed by atoms with E-state index in [2.05, 4.69) is 15.9 Å². The van der Waals surface area contributed by atoms with Gasteiger partial charge in [0.2, 0.25) is 0 Å². The molecule has 0 spiro atoms. The molecule has 0 amide bonds. The molecule has 0 heterocycles. The first-order valence-corrected chi connectivity index (χ1v) is 5.03. The van der Waals surface area contributed by atoms with E-state index in [1.807, 2.05) is 31.2 Å². The molecule has 0 bridgehead atoms. The molecule has 0 fully saturated rings. The van der Waals surface area contributed by atoms with E-state index in [0.29, 0.717) is 5.02 Å². The smallest absolute Gasteiger partial charge is 0.0642 e. The van der Waals surface area contributed by atoms with E-state index < -0.39 is 0 Å². The molecule has 0 aliphatic rings. The van der Waals surface area contributed by atoms with Crippen LogP contribution in [0, 0.1) is 0 Å². The summed E-state index contributed by atoms with van der Waals surface area (Å²) in [6.45, 7) is 1.95. The minimum Gasteiger partial charge on any atom is -0.392 e. The molecule has 0 saturated heterocycles. The van der Waals surface area contributed by atoms with Crippen LogP contribution in [0.2, 0.25) is 5.02 Å². The lowest BCUT2D eigenvalue weighted by Crippen LogP contribution is -1.84. The van der Waals surface area contributed by atoms with Crippen molar-refractivity contribution in [2.75, 3.05) is 6.61 Å². The van der Waals surface area contributed by atoms with Gasteiger partial charge in [0, 0.05) is 9.50 Å². The van der Waals surface area contributed by atoms with Crippen LogP contribution in [0.15, 0.2) is 28.2 Å². The largest absolute Gasteiger partial charge is 0.392 e. The highest BCUT2D eigenvalue weighted by molar-refractivity contribution is 9.10. The maximum Gasteiger partial charge on any atom is 0.0642 e. The number of hydrogen-bond donors (Lipinski definition) is 1. The Labute approximate surface area is 91.2 Å². The van der Waals surface area contributed by atoms with Crippen molar-refractivity contribution in [2.24, 2.45) is 0 Å². The average Bonchev–Trinajstić information content (AvgIpc) is 2.09. The van der Waals surface area contributed by atoms with Crippen molar-refractivity contribution in [1.29, 1.82) is 0 Å². The summed E-state index contributed by atoms with van der Waals surface area (Å²) in [5.74, 6) is 0. The summed E-state index contributed by atoms with van der Waals surface area (Å²) in [5, 5.41) is 9.53. The van der Waals surface area contributed by atoms with E-state index in [1.165, 1.54) is 0 Å². The highest BCUT2D eigenvalue weighted by Gasteiger charge is 1.97. The third-order valence-corrected chi connectivity index (χ3v) is 2.54. The summed E-state index contributed by atoms with van der Waals surface area (Å²) in [5.41, 5.74) is 1.94. The Morgan fingerprint density at radius 2 is 2.31 bits per heavy atom. The third-order valence-electron chi connectivity index (χ3n) is 1.61. The van der Waals surface area contributed by atoms with Crippen molar-refractivity contribution in [1.82, 2.24) is 0 Å². The lowest BCUT2D eigenvalue weighted by atomic mass is 10.1. The molecule has 1 aromatic rings. The van der Waals surface area contributed by atoms with E-state index in [9.17, 15) is 0 Å². The van der Waals surface area contributed by atoms with Gasteiger partial charge in [-0.1, -0.05) is 39.7 Å². The van der Waals surface area contributed by atoms with Crippen LogP contribution in [0.4, 0.5) is 0 Å². The zero-order valence-electron chi connectivity index (χ0n) is 7.22.